The maximum absolute atomic E-state index is 12.7. The number of aromatic nitrogens is 4. The molecule has 1 aliphatic heterocycles. The summed E-state index contributed by atoms with van der Waals surface area (Å²) in [5.74, 6) is 0.509. The lowest BCUT2D eigenvalue weighted by Crippen LogP contribution is -2.34. The molecule has 1 aliphatic rings. The molecule has 0 aliphatic carbocycles. The van der Waals surface area contributed by atoms with Crippen molar-refractivity contribution in [3.63, 3.8) is 0 Å². The van der Waals surface area contributed by atoms with E-state index in [4.69, 9.17) is 0 Å². The monoisotopic (exact) mass is 364 g/mol. The van der Waals surface area contributed by atoms with Gasteiger partial charge in [-0.15, -0.1) is 0 Å². The fourth-order valence-electron chi connectivity index (χ4n) is 3.41. The van der Waals surface area contributed by atoms with Crippen LogP contribution in [0.2, 0.25) is 0 Å². The maximum atomic E-state index is 12.7. The van der Waals surface area contributed by atoms with Crippen molar-refractivity contribution in [1.29, 1.82) is 0 Å². The highest BCUT2D eigenvalue weighted by atomic mass is 16.2. The van der Waals surface area contributed by atoms with Crippen LogP contribution in [0.15, 0.2) is 42.9 Å². The van der Waals surface area contributed by atoms with Gasteiger partial charge in [0.2, 0.25) is 5.91 Å². The Hall–Kier alpha value is -3.29. The van der Waals surface area contributed by atoms with Crippen molar-refractivity contribution in [3.8, 4) is 0 Å². The van der Waals surface area contributed by atoms with E-state index in [1.807, 2.05) is 29.2 Å². The molecule has 3 heterocycles. The third-order valence-corrected chi connectivity index (χ3v) is 4.72. The summed E-state index contributed by atoms with van der Waals surface area (Å²) in [4.78, 5) is 42.3. The third-order valence-electron chi connectivity index (χ3n) is 4.72. The highest BCUT2D eigenvalue weighted by Gasteiger charge is 2.31. The number of aromatic amines is 1. The van der Waals surface area contributed by atoms with Crippen LogP contribution in [-0.2, 0) is 4.79 Å². The summed E-state index contributed by atoms with van der Waals surface area (Å²) >= 11 is 0. The van der Waals surface area contributed by atoms with Gasteiger partial charge in [-0.1, -0.05) is 12.1 Å². The second kappa shape index (κ2) is 7.53. The van der Waals surface area contributed by atoms with Crippen LogP contribution in [0.5, 0.6) is 0 Å². The summed E-state index contributed by atoms with van der Waals surface area (Å²) < 4.78 is 0. The zero-order chi connectivity index (χ0) is 18.6. The van der Waals surface area contributed by atoms with Crippen molar-refractivity contribution >= 4 is 22.8 Å². The van der Waals surface area contributed by atoms with E-state index in [1.165, 1.54) is 18.6 Å². The van der Waals surface area contributed by atoms with Crippen LogP contribution >= 0.6 is 0 Å². The quantitative estimate of drug-likeness (QED) is 0.719. The Bertz CT molecular complexity index is 922. The Kier molecular flexibility index (Phi) is 4.78. The molecule has 0 radical (unpaired) electrons. The van der Waals surface area contributed by atoms with Gasteiger partial charge in [0.05, 0.1) is 23.3 Å². The minimum absolute atomic E-state index is 0.0115. The summed E-state index contributed by atoms with van der Waals surface area (Å²) in [6, 6.07) is 7.81. The molecule has 1 fully saturated rings. The number of carbonyl (C=O) groups is 2. The molecule has 4 rings (SSSR count). The van der Waals surface area contributed by atoms with Crippen molar-refractivity contribution in [1.82, 2.24) is 30.2 Å². The molecular weight excluding hydrogens is 344 g/mol. The molecule has 138 valence electrons. The van der Waals surface area contributed by atoms with E-state index in [-0.39, 0.29) is 36.5 Å². The Morgan fingerprint density at radius 2 is 2.15 bits per heavy atom. The second-order valence-corrected chi connectivity index (χ2v) is 6.48. The first kappa shape index (κ1) is 17.1. The van der Waals surface area contributed by atoms with Gasteiger partial charge in [0.15, 0.2) is 0 Å². The largest absolute Gasteiger partial charge is 0.350 e. The van der Waals surface area contributed by atoms with Crippen molar-refractivity contribution in [2.75, 3.05) is 13.1 Å². The average molecular weight is 364 g/mol. The molecule has 0 saturated carbocycles. The molecule has 8 heteroatoms. The van der Waals surface area contributed by atoms with Crippen LogP contribution in [0.3, 0.4) is 0 Å². The van der Waals surface area contributed by atoms with Crippen molar-refractivity contribution in [3.05, 3.63) is 54.4 Å². The first-order valence-electron chi connectivity index (χ1n) is 9.01. The minimum Gasteiger partial charge on any atom is -0.350 e. The Morgan fingerprint density at radius 1 is 1.26 bits per heavy atom. The van der Waals surface area contributed by atoms with Crippen molar-refractivity contribution < 1.29 is 9.59 Å². The number of carbonyl (C=O) groups excluding carboxylic acids is 2. The van der Waals surface area contributed by atoms with E-state index in [0.717, 1.165) is 29.7 Å². The predicted octanol–water partition coefficient (Wildman–Crippen LogP) is 1.84. The normalized spacial score (nSPS) is 16.6. The van der Waals surface area contributed by atoms with E-state index in [2.05, 4.69) is 25.3 Å². The van der Waals surface area contributed by atoms with Gasteiger partial charge in [0.1, 0.15) is 11.5 Å². The number of rotatable bonds is 5. The highest BCUT2D eigenvalue weighted by molar-refractivity contribution is 5.92. The molecule has 0 bridgehead atoms. The Morgan fingerprint density at radius 3 is 2.96 bits per heavy atom. The van der Waals surface area contributed by atoms with Gasteiger partial charge in [-0.05, 0) is 25.0 Å². The van der Waals surface area contributed by atoms with Gasteiger partial charge in [-0.2, -0.15) is 0 Å². The Balaban J connectivity index is 1.37. The third kappa shape index (κ3) is 3.64. The van der Waals surface area contributed by atoms with E-state index in [0.29, 0.717) is 6.54 Å². The van der Waals surface area contributed by atoms with Crippen LogP contribution in [0.4, 0.5) is 0 Å². The molecule has 0 unspecified atom stereocenters. The number of nitrogens with zero attached hydrogens (tertiary/aromatic N) is 4. The Labute approximate surface area is 156 Å². The van der Waals surface area contributed by atoms with E-state index in [1.54, 1.807) is 0 Å². The van der Waals surface area contributed by atoms with Crippen LogP contribution in [0.25, 0.3) is 11.0 Å². The molecule has 1 aromatic carbocycles. The van der Waals surface area contributed by atoms with Gasteiger partial charge in [-0.25, -0.2) is 9.97 Å². The number of amides is 2. The zero-order valence-electron chi connectivity index (χ0n) is 14.8. The molecule has 27 heavy (non-hydrogen) atoms. The lowest BCUT2D eigenvalue weighted by atomic mass is 10.2. The molecule has 1 saturated heterocycles. The SMILES string of the molecule is O=C(NCCC(=O)N1CCC[C@H]1c1nc2ccccc2[nH]1)c1cnccn1. The number of H-pyrrole nitrogens is 1. The number of nitrogens with one attached hydrogen (secondary N) is 2. The van der Waals surface area contributed by atoms with E-state index in [9.17, 15) is 9.59 Å². The molecule has 0 spiro atoms. The number of fused-ring (bicyclic) bond motifs is 1. The summed E-state index contributed by atoms with van der Waals surface area (Å²) in [5.41, 5.74) is 2.12. The number of hydrogen-bond donors (Lipinski definition) is 2. The van der Waals surface area contributed by atoms with Gasteiger partial charge < -0.3 is 15.2 Å². The molecule has 8 nitrogen and oxygen atoms in total. The number of hydrogen-bond acceptors (Lipinski definition) is 5. The van der Waals surface area contributed by atoms with Gasteiger partial charge in [0, 0.05) is 31.9 Å². The van der Waals surface area contributed by atoms with Crippen LogP contribution in [0, 0.1) is 0 Å². The predicted molar refractivity (Wildman–Crippen MR) is 98.8 cm³/mol. The van der Waals surface area contributed by atoms with E-state index < -0.39 is 0 Å². The summed E-state index contributed by atoms with van der Waals surface area (Å²) in [7, 11) is 0. The molecular formula is C19H20N6O2. The fraction of sp³-hybridized carbons (Fsp3) is 0.316. The van der Waals surface area contributed by atoms with Crippen molar-refractivity contribution in [2.45, 2.75) is 25.3 Å². The number of para-hydroxylation sites is 2. The second-order valence-electron chi connectivity index (χ2n) is 6.48. The molecule has 2 amide bonds. The van der Waals surface area contributed by atoms with Crippen LogP contribution < -0.4 is 5.32 Å². The summed E-state index contributed by atoms with van der Waals surface area (Å²) in [5, 5.41) is 2.72. The summed E-state index contributed by atoms with van der Waals surface area (Å²) in [6.45, 7) is 0.968. The van der Waals surface area contributed by atoms with Gasteiger partial charge >= 0.3 is 0 Å². The average Bonchev–Trinajstić information content (AvgIpc) is 3.35. The topological polar surface area (TPSA) is 104 Å². The standard InChI is InChI=1S/C19H20N6O2/c26-17(7-8-22-19(27)15-12-20-9-10-21-15)25-11-3-6-16(25)18-23-13-4-1-2-5-14(13)24-18/h1-2,4-5,9-10,12,16H,3,6-8,11H2,(H,22,27)(H,23,24)/t16-/m0/s1. The lowest BCUT2D eigenvalue weighted by molar-refractivity contribution is -0.132. The number of imidazole rings is 1. The molecule has 3 aromatic rings. The minimum atomic E-state index is -0.328. The summed E-state index contributed by atoms with van der Waals surface area (Å²) in [6.07, 6.45) is 6.43. The molecule has 1 atom stereocenters. The zero-order valence-corrected chi connectivity index (χ0v) is 14.8. The molecule has 2 aromatic heterocycles. The van der Waals surface area contributed by atoms with E-state index >= 15 is 0 Å². The first-order valence-corrected chi connectivity index (χ1v) is 9.01. The molecule has 2 N–H and O–H groups in total. The van der Waals surface area contributed by atoms with Crippen LogP contribution in [0.1, 0.15) is 41.6 Å². The highest BCUT2D eigenvalue weighted by Crippen LogP contribution is 2.31. The van der Waals surface area contributed by atoms with Crippen LogP contribution in [-0.4, -0.2) is 49.7 Å². The number of benzene rings is 1. The van der Waals surface area contributed by atoms with Crippen molar-refractivity contribution in [2.24, 2.45) is 0 Å². The smallest absolute Gasteiger partial charge is 0.271 e. The first-order chi connectivity index (χ1) is 13.2. The maximum Gasteiger partial charge on any atom is 0.271 e. The van der Waals surface area contributed by atoms with Gasteiger partial charge in [-0.3, -0.25) is 14.6 Å². The fourth-order valence-corrected chi connectivity index (χ4v) is 3.41. The van der Waals surface area contributed by atoms with Gasteiger partial charge in [0.25, 0.3) is 5.91 Å². The number of likely N-dealkylation sites (tertiary alicyclic amines) is 1. The lowest BCUT2D eigenvalue weighted by Gasteiger charge is -2.23.